The van der Waals surface area contributed by atoms with Crippen molar-refractivity contribution in [2.75, 3.05) is 13.7 Å². The van der Waals surface area contributed by atoms with Gasteiger partial charge in [0, 0.05) is 0 Å². The molecule has 1 fully saturated rings. The normalized spacial score (nSPS) is 16.0. The number of thioether (sulfide) groups is 1. The Hall–Kier alpha value is -2.69. The Morgan fingerprint density at radius 1 is 1.28 bits per heavy atom. The number of benzene rings is 2. The summed E-state index contributed by atoms with van der Waals surface area (Å²) in [5.74, 6) is 3.27. The molecule has 7 heteroatoms. The lowest BCUT2D eigenvalue weighted by Gasteiger charge is -2.12. The van der Waals surface area contributed by atoms with Crippen molar-refractivity contribution in [1.29, 1.82) is 0 Å². The molecule has 1 amide bonds. The van der Waals surface area contributed by atoms with Gasteiger partial charge in [-0.3, -0.25) is 4.79 Å². The number of rotatable bonds is 5. The third kappa shape index (κ3) is 5.03. The first kappa shape index (κ1) is 21.0. The summed E-state index contributed by atoms with van der Waals surface area (Å²) in [6.45, 7) is 4.22. The van der Waals surface area contributed by atoms with E-state index in [4.69, 9.17) is 15.9 Å². The zero-order valence-corrected chi connectivity index (χ0v) is 18.6. The number of amides is 1. The van der Waals surface area contributed by atoms with E-state index in [-0.39, 0.29) is 12.5 Å². The smallest absolute Gasteiger partial charge is 0.264 e. The molecule has 148 valence electrons. The number of aliphatic imine (C=N–C) groups is 1. The average Bonchev–Trinajstić information content (AvgIpc) is 3.02. The van der Waals surface area contributed by atoms with Crippen molar-refractivity contribution in [2.45, 2.75) is 13.8 Å². The molecule has 0 aromatic heterocycles. The van der Waals surface area contributed by atoms with E-state index in [1.165, 1.54) is 17.3 Å². The molecule has 5 nitrogen and oxygen atoms in total. The SMILES string of the molecule is C#CCOc1c(Br)cc(C=C2SC(=Nc3ccc(C)c(C)c3)NC2=O)cc1OC. The van der Waals surface area contributed by atoms with E-state index in [2.05, 4.69) is 39.1 Å². The lowest BCUT2D eigenvalue weighted by Crippen LogP contribution is -2.19. The van der Waals surface area contributed by atoms with Gasteiger partial charge < -0.3 is 14.8 Å². The van der Waals surface area contributed by atoms with Gasteiger partial charge >= 0.3 is 0 Å². The van der Waals surface area contributed by atoms with Crippen molar-refractivity contribution in [1.82, 2.24) is 5.32 Å². The van der Waals surface area contributed by atoms with Crippen LogP contribution in [0.2, 0.25) is 0 Å². The molecule has 1 N–H and O–H groups in total. The molecule has 0 bridgehead atoms. The molecule has 3 rings (SSSR count). The Balaban J connectivity index is 1.86. The van der Waals surface area contributed by atoms with Gasteiger partial charge in [0.25, 0.3) is 5.91 Å². The number of halogens is 1. The van der Waals surface area contributed by atoms with Crippen LogP contribution in [0.3, 0.4) is 0 Å². The van der Waals surface area contributed by atoms with Gasteiger partial charge in [0.2, 0.25) is 0 Å². The highest BCUT2D eigenvalue weighted by molar-refractivity contribution is 9.10. The number of aryl methyl sites for hydroxylation is 2. The van der Waals surface area contributed by atoms with E-state index < -0.39 is 0 Å². The highest BCUT2D eigenvalue weighted by Gasteiger charge is 2.24. The number of amidine groups is 1. The fourth-order valence-corrected chi connectivity index (χ4v) is 4.04. The Morgan fingerprint density at radius 3 is 2.76 bits per heavy atom. The zero-order chi connectivity index (χ0) is 21.0. The number of nitrogens with zero attached hydrogens (tertiary/aromatic N) is 1. The van der Waals surface area contributed by atoms with E-state index in [9.17, 15) is 4.79 Å². The van der Waals surface area contributed by atoms with E-state index >= 15 is 0 Å². The molecule has 0 spiro atoms. The van der Waals surface area contributed by atoms with Gasteiger partial charge in [-0.25, -0.2) is 4.99 Å². The molecule has 0 saturated carbocycles. The molecule has 1 heterocycles. The lowest BCUT2D eigenvalue weighted by molar-refractivity contribution is -0.115. The van der Waals surface area contributed by atoms with Gasteiger partial charge in [-0.05, 0) is 88.6 Å². The molecule has 29 heavy (non-hydrogen) atoms. The predicted molar refractivity (Wildman–Crippen MR) is 122 cm³/mol. The lowest BCUT2D eigenvalue weighted by atomic mass is 10.1. The summed E-state index contributed by atoms with van der Waals surface area (Å²) in [5, 5.41) is 3.35. The van der Waals surface area contributed by atoms with Crippen molar-refractivity contribution in [3.63, 3.8) is 0 Å². The van der Waals surface area contributed by atoms with Crippen molar-refractivity contribution in [2.24, 2.45) is 4.99 Å². The maximum atomic E-state index is 12.4. The van der Waals surface area contributed by atoms with Gasteiger partial charge in [0.05, 0.1) is 22.2 Å². The second-order valence-electron chi connectivity index (χ2n) is 6.28. The molecule has 1 saturated heterocycles. The number of hydrogen-bond acceptors (Lipinski definition) is 5. The average molecular weight is 471 g/mol. The number of nitrogens with one attached hydrogen (secondary N) is 1. The molecule has 0 aliphatic carbocycles. The molecule has 1 aliphatic rings. The van der Waals surface area contributed by atoms with Crippen LogP contribution in [0.15, 0.2) is 44.7 Å². The zero-order valence-electron chi connectivity index (χ0n) is 16.2. The molecule has 2 aromatic carbocycles. The summed E-state index contributed by atoms with van der Waals surface area (Å²) in [6.07, 6.45) is 7.04. The standard InChI is InChI=1S/C22H19BrN2O3S/c1-5-8-28-20-17(23)10-15(11-18(20)27-4)12-19-21(26)25-22(29-19)24-16-7-6-13(2)14(3)9-16/h1,6-7,9-12H,8H2,2-4H3,(H,24,25,26). The van der Waals surface area contributed by atoms with Crippen LogP contribution in [0.4, 0.5) is 5.69 Å². The van der Waals surface area contributed by atoms with Gasteiger partial charge in [0.1, 0.15) is 6.61 Å². The third-order valence-corrected chi connectivity index (χ3v) is 5.72. The minimum atomic E-state index is -0.194. The number of carbonyl (C=O) groups excluding carboxylic acids is 1. The van der Waals surface area contributed by atoms with Crippen molar-refractivity contribution in [3.8, 4) is 23.8 Å². The number of hydrogen-bond donors (Lipinski definition) is 1. The quantitative estimate of drug-likeness (QED) is 0.494. The van der Waals surface area contributed by atoms with Crippen molar-refractivity contribution < 1.29 is 14.3 Å². The maximum absolute atomic E-state index is 12.4. The molecular formula is C22H19BrN2O3S. The first-order chi connectivity index (χ1) is 13.9. The van der Waals surface area contributed by atoms with Crippen LogP contribution < -0.4 is 14.8 Å². The van der Waals surface area contributed by atoms with Crippen LogP contribution in [0.5, 0.6) is 11.5 Å². The summed E-state index contributed by atoms with van der Waals surface area (Å²) < 4.78 is 11.6. The first-order valence-corrected chi connectivity index (χ1v) is 10.3. The Kier molecular flexibility index (Phi) is 6.68. The van der Waals surface area contributed by atoms with E-state index in [1.807, 2.05) is 31.2 Å². The Morgan fingerprint density at radius 2 is 2.07 bits per heavy atom. The molecule has 2 aromatic rings. The fourth-order valence-electron chi connectivity index (χ4n) is 2.62. The van der Waals surface area contributed by atoms with Crippen LogP contribution in [0.25, 0.3) is 6.08 Å². The van der Waals surface area contributed by atoms with Crippen LogP contribution in [-0.2, 0) is 4.79 Å². The van der Waals surface area contributed by atoms with E-state index in [0.717, 1.165) is 16.8 Å². The molecule has 0 radical (unpaired) electrons. The topological polar surface area (TPSA) is 59.9 Å². The molecule has 0 atom stereocenters. The number of methoxy groups -OCH3 is 1. The third-order valence-electron chi connectivity index (χ3n) is 4.22. The highest BCUT2D eigenvalue weighted by Crippen LogP contribution is 2.38. The summed E-state index contributed by atoms with van der Waals surface area (Å²) >= 11 is 4.76. The van der Waals surface area contributed by atoms with Gasteiger partial charge in [0.15, 0.2) is 16.7 Å². The van der Waals surface area contributed by atoms with Gasteiger partial charge in [-0.1, -0.05) is 12.0 Å². The first-order valence-electron chi connectivity index (χ1n) is 8.72. The van der Waals surface area contributed by atoms with Crippen molar-refractivity contribution >= 4 is 50.5 Å². The highest BCUT2D eigenvalue weighted by atomic mass is 79.9. The monoisotopic (exact) mass is 470 g/mol. The van der Waals surface area contributed by atoms with Crippen LogP contribution in [0.1, 0.15) is 16.7 Å². The summed E-state index contributed by atoms with van der Waals surface area (Å²) in [5.41, 5.74) is 3.94. The van der Waals surface area contributed by atoms with Crippen LogP contribution in [0, 0.1) is 26.2 Å². The number of carbonyl (C=O) groups is 1. The number of terminal acetylenes is 1. The van der Waals surface area contributed by atoms with E-state index in [1.54, 1.807) is 19.3 Å². The molecular weight excluding hydrogens is 452 g/mol. The second-order valence-corrected chi connectivity index (χ2v) is 8.16. The van der Waals surface area contributed by atoms with Crippen LogP contribution in [-0.4, -0.2) is 24.8 Å². The van der Waals surface area contributed by atoms with Gasteiger partial charge in [-0.15, -0.1) is 6.42 Å². The predicted octanol–water partition coefficient (Wildman–Crippen LogP) is 4.98. The molecule has 0 unspecified atom stereocenters. The largest absolute Gasteiger partial charge is 0.493 e. The second kappa shape index (κ2) is 9.21. The minimum Gasteiger partial charge on any atom is -0.493 e. The number of ether oxygens (including phenoxy) is 2. The van der Waals surface area contributed by atoms with Gasteiger partial charge in [-0.2, -0.15) is 0 Å². The van der Waals surface area contributed by atoms with Crippen LogP contribution >= 0.6 is 27.7 Å². The summed E-state index contributed by atoms with van der Waals surface area (Å²) in [7, 11) is 1.55. The van der Waals surface area contributed by atoms with E-state index in [0.29, 0.717) is 26.0 Å². The Labute approximate surface area is 182 Å². The minimum absolute atomic E-state index is 0.131. The maximum Gasteiger partial charge on any atom is 0.264 e. The summed E-state index contributed by atoms with van der Waals surface area (Å²) in [4.78, 5) is 17.5. The molecule has 1 aliphatic heterocycles. The Bertz CT molecular complexity index is 1070. The van der Waals surface area contributed by atoms with Crippen molar-refractivity contribution in [3.05, 3.63) is 56.4 Å². The fraction of sp³-hybridized carbons (Fsp3) is 0.182. The summed E-state index contributed by atoms with van der Waals surface area (Å²) in [6, 6.07) is 9.57.